The number of benzene rings is 1. The maximum Gasteiger partial charge on any atom is 0.251 e. The molecule has 23 heavy (non-hydrogen) atoms. The van der Waals surface area contributed by atoms with Crippen molar-refractivity contribution in [2.75, 3.05) is 6.54 Å². The van der Waals surface area contributed by atoms with Crippen molar-refractivity contribution in [1.29, 1.82) is 5.26 Å². The summed E-state index contributed by atoms with van der Waals surface area (Å²) in [6.07, 6.45) is 8.26. The highest BCUT2D eigenvalue weighted by molar-refractivity contribution is 5.94. The van der Waals surface area contributed by atoms with E-state index in [2.05, 4.69) is 32.2 Å². The molecule has 0 bridgehead atoms. The van der Waals surface area contributed by atoms with E-state index in [0.717, 1.165) is 5.57 Å². The van der Waals surface area contributed by atoms with Gasteiger partial charge in [0.1, 0.15) is 0 Å². The lowest BCUT2D eigenvalue weighted by Gasteiger charge is -2.19. The van der Waals surface area contributed by atoms with Gasteiger partial charge in [0.25, 0.3) is 5.91 Å². The molecule has 0 spiro atoms. The Morgan fingerprint density at radius 2 is 1.87 bits per heavy atom. The van der Waals surface area contributed by atoms with E-state index in [0.29, 0.717) is 24.1 Å². The first-order valence-corrected chi connectivity index (χ1v) is 7.76. The van der Waals surface area contributed by atoms with E-state index < -0.39 is 0 Å². The summed E-state index contributed by atoms with van der Waals surface area (Å²) in [6, 6.07) is 9.86. The SMILES string of the molecule is CC(C)(C)c1ccc(C(=O)NCC2=CCC=C(C#N)C=C2)cc1. The summed E-state index contributed by atoms with van der Waals surface area (Å²) in [6.45, 7) is 6.91. The average molecular weight is 306 g/mol. The number of nitrogens with zero attached hydrogens (tertiary/aromatic N) is 1. The summed E-state index contributed by atoms with van der Waals surface area (Å²) < 4.78 is 0. The van der Waals surface area contributed by atoms with Gasteiger partial charge in [-0.2, -0.15) is 5.26 Å². The molecule has 1 aliphatic carbocycles. The Labute approximate surface area is 138 Å². The van der Waals surface area contributed by atoms with Crippen molar-refractivity contribution < 1.29 is 4.79 Å². The molecule has 0 aliphatic heterocycles. The van der Waals surface area contributed by atoms with Crippen LogP contribution in [0.25, 0.3) is 0 Å². The molecule has 2 rings (SSSR count). The Balaban J connectivity index is 1.96. The Bertz CT molecular complexity index is 707. The Morgan fingerprint density at radius 1 is 1.17 bits per heavy atom. The van der Waals surface area contributed by atoms with Crippen LogP contribution < -0.4 is 5.32 Å². The van der Waals surface area contributed by atoms with Crippen molar-refractivity contribution >= 4 is 5.91 Å². The minimum Gasteiger partial charge on any atom is -0.348 e. The summed E-state index contributed by atoms with van der Waals surface area (Å²) in [5.74, 6) is -0.0857. The third-order valence-electron chi connectivity index (χ3n) is 3.79. The molecule has 0 saturated heterocycles. The number of nitriles is 1. The van der Waals surface area contributed by atoms with Crippen LogP contribution in [0.5, 0.6) is 0 Å². The van der Waals surface area contributed by atoms with Gasteiger partial charge in [-0.3, -0.25) is 4.79 Å². The molecular formula is C20H22N2O. The molecular weight excluding hydrogens is 284 g/mol. The van der Waals surface area contributed by atoms with Crippen molar-refractivity contribution in [3.63, 3.8) is 0 Å². The van der Waals surface area contributed by atoms with E-state index in [1.54, 1.807) is 6.08 Å². The first-order valence-electron chi connectivity index (χ1n) is 7.76. The minimum atomic E-state index is -0.0857. The lowest BCUT2D eigenvalue weighted by molar-refractivity contribution is 0.0957. The van der Waals surface area contributed by atoms with Crippen LogP contribution >= 0.6 is 0 Å². The molecule has 0 atom stereocenters. The molecule has 1 amide bonds. The van der Waals surface area contributed by atoms with E-state index in [9.17, 15) is 4.79 Å². The molecule has 1 aromatic carbocycles. The summed E-state index contributed by atoms with van der Waals surface area (Å²) in [5.41, 5.74) is 3.60. The van der Waals surface area contributed by atoms with Crippen LogP contribution in [0.2, 0.25) is 0 Å². The first-order chi connectivity index (χ1) is 10.9. The molecule has 1 N–H and O–H groups in total. The number of nitrogens with one attached hydrogen (secondary N) is 1. The summed E-state index contributed by atoms with van der Waals surface area (Å²) >= 11 is 0. The van der Waals surface area contributed by atoms with Crippen molar-refractivity contribution in [3.05, 3.63) is 70.8 Å². The van der Waals surface area contributed by atoms with Gasteiger partial charge in [0.05, 0.1) is 6.07 Å². The maximum atomic E-state index is 12.2. The number of carbonyl (C=O) groups excluding carboxylic acids is 1. The van der Waals surface area contributed by atoms with Crippen molar-refractivity contribution in [1.82, 2.24) is 5.32 Å². The van der Waals surface area contributed by atoms with Gasteiger partial charge in [-0.15, -0.1) is 0 Å². The van der Waals surface area contributed by atoms with E-state index in [1.165, 1.54) is 5.56 Å². The van der Waals surface area contributed by atoms with Crippen molar-refractivity contribution in [2.24, 2.45) is 0 Å². The van der Waals surface area contributed by atoms with Gasteiger partial charge in [0.15, 0.2) is 0 Å². The highest BCUT2D eigenvalue weighted by Gasteiger charge is 2.14. The minimum absolute atomic E-state index is 0.0798. The van der Waals surface area contributed by atoms with Gasteiger partial charge < -0.3 is 5.32 Å². The Morgan fingerprint density at radius 3 is 2.48 bits per heavy atom. The predicted octanol–water partition coefficient (Wildman–Crippen LogP) is 4.05. The predicted molar refractivity (Wildman–Crippen MR) is 93.0 cm³/mol. The fourth-order valence-corrected chi connectivity index (χ4v) is 2.29. The smallest absolute Gasteiger partial charge is 0.251 e. The van der Waals surface area contributed by atoms with Crippen LogP contribution in [-0.2, 0) is 5.41 Å². The molecule has 0 unspecified atom stereocenters. The zero-order valence-electron chi connectivity index (χ0n) is 13.9. The van der Waals surface area contributed by atoms with Crippen LogP contribution in [0, 0.1) is 11.3 Å². The second-order valence-corrected chi connectivity index (χ2v) is 6.63. The lowest BCUT2D eigenvalue weighted by atomic mass is 9.87. The third-order valence-corrected chi connectivity index (χ3v) is 3.79. The summed E-state index contributed by atoms with van der Waals surface area (Å²) in [4.78, 5) is 12.2. The lowest BCUT2D eigenvalue weighted by Crippen LogP contribution is -2.25. The van der Waals surface area contributed by atoms with Gasteiger partial charge in [-0.25, -0.2) is 0 Å². The normalized spacial score (nSPS) is 14.3. The largest absolute Gasteiger partial charge is 0.348 e. The fraction of sp³-hybridized carbons (Fsp3) is 0.300. The second-order valence-electron chi connectivity index (χ2n) is 6.63. The van der Waals surface area contributed by atoms with Crippen LogP contribution in [0.3, 0.4) is 0 Å². The van der Waals surface area contributed by atoms with Gasteiger partial charge in [-0.1, -0.05) is 51.1 Å². The Hall–Kier alpha value is -2.60. The Kier molecular flexibility index (Phi) is 5.18. The molecule has 3 nitrogen and oxygen atoms in total. The van der Waals surface area contributed by atoms with Gasteiger partial charge >= 0.3 is 0 Å². The molecule has 3 heteroatoms. The zero-order valence-corrected chi connectivity index (χ0v) is 13.9. The number of hydrogen-bond donors (Lipinski definition) is 1. The van der Waals surface area contributed by atoms with E-state index in [4.69, 9.17) is 5.26 Å². The molecule has 0 fully saturated rings. The molecule has 1 aromatic rings. The number of amides is 1. The quantitative estimate of drug-likeness (QED) is 0.916. The zero-order chi connectivity index (χ0) is 16.9. The van der Waals surface area contributed by atoms with Gasteiger partial charge in [0.2, 0.25) is 0 Å². The van der Waals surface area contributed by atoms with Gasteiger partial charge in [-0.05, 0) is 41.2 Å². The number of hydrogen-bond acceptors (Lipinski definition) is 2. The molecule has 1 aliphatic rings. The van der Waals surface area contributed by atoms with E-state index in [1.807, 2.05) is 42.5 Å². The number of allylic oxidation sites excluding steroid dienone is 4. The van der Waals surface area contributed by atoms with Crippen LogP contribution in [-0.4, -0.2) is 12.5 Å². The molecule has 0 heterocycles. The van der Waals surface area contributed by atoms with Crippen LogP contribution in [0.15, 0.2) is 59.7 Å². The molecule has 0 radical (unpaired) electrons. The van der Waals surface area contributed by atoms with E-state index >= 15 is 0 Å². The standard InChI is InChI=1S/C20H22N2O/c1-20(2,3)18-11-9-17(10-12-18)19(23)22-14-16-6-4-5-15(13-21)7-8-16/h5-12H,4,14H2,1-3H3,(H,22,23). The highest BCUT2D eigenvalue weighted by atomic mass is 16.1. The molecule has 118 valence electrons. The number of carbonyl (C=O) groups is 1. The molecule has 0 saturated carbocycles. The van der Waals surface area contributed by atoms with E-state index in [-0.39, 0.29) is 11.3 Å². The number of rotatable bonds is 3. The monoisotopic (exact) mass is 306 g/mol. The molecule has 0 aromatic heterocycles. The maximum absolute atomic E-state index is 12.2. The first kappa shape index (κ1) is 16.8. The second kappa shape index (κ2) is 7.11. The highest BCUT2D eigenvalue weighted by Crippen LogP contribution is 2.22. The summed E-state index contributed by atoms with van der Waals surface area (Å²) in [7, 11) is 0. The summed E-state index contributed by atoms with van der Waals surface area (Å²) in [5, 5.41) is 11.8. The van der Waals surface area contributed by atoms with Gasteiger partial charge in [0, 0.05) is 17.7 Å². The van der Waals surface area contributed by atoms with Crippen LogP contribution in [0.4, 0.5) is 0 Å². The topological polar surface area (TPSA) is 52.9 Å². The van der Waals surface area contributed by atoms with Crippen LogP contribution in [0.1, 0.15) is 43.1 Å². The van der Waals surface area contributed by atoms with Crippen molar-refractivity contribution in [2.45, 2.75) is 32.6 Å². The average Bonchev–Trinajstić information content (AvgIpc) is 2.77. The van der Waals surface area contributed by atoms with Crippen molar-refractivity contribution in [3.8, 4) is 6.07 Å². The third kappa shape index (κ3) is 4.69. The fourth-order valence-electron chi connectivity index (χ4n) is 2.29.